The number of hydrogen-bond donors (Lipinski definition) is 11. The van der Waals surface area contributed by atoms with Gasteiger partial charge < -0.3 is 57.6 Å². The van der Waals surface area contributed by atoms with Crippen LogP contribution in [0.25, 0.3) is 0 Å². The summed E-state index contributed by atoms with van der Waals surface area (Å²) in [6.45, 7) is 5.59. The molecule has 0 heterocycles. The van der Waals surface area contributed by atoms with Gasteiger partial charge in [0.05, 0.1) is 30.3 Å². The standard InChI is InChI=1S/C47H58N8O16/c1-25(2)19-32(52-46(67)40(27(4)56)54-45(66)33(20-28-11-7-5-8-12-28)49-37(57)22-30-15-17-31(18-16-30)55(70)71)43(64)51-34(23-38(58)59)42(63)48-26(3)41(62)50-35(24-39(60)61)44(65)53-36(47(68)69)21-29-13-9-6-10-14-29/h5-18,25-27,32-36,40,56H,19-24H2,1-4H3,(H,48,63)(H,49,57)(H,50,62)(H,51,64)(H,52,67)(H,53,65)(H,54,66)(H,58,59)(H,60,61)(H,68,69)/t26-,27-,32-,33-,34-,35-,36-,40-/m0/s1. The SMILES string of the molecule is CC(C)C[C@H](NC(=O)[C@@H](NC(=O)[C@H](Cc1ccccc1)NC(=O)Cc1ccc([N+](=O)[O-])cc1)[C@H](C)O)C(=O)N[C@@H](CC(=O)O)C(=O)N[C@@H](C)C(=O)N[C@@H](CC(=O)O)C(=O)N[C@@H](Cc1ccccc1)C(=O)O. The number of benzene rings is 3. The number of non-ortho nitro benzene ring substituents is 1. The van der Waals surface area contributed by atoms with Crippen LogP contribution in [0.15, 0.2) is 84.9 Å². The number of aliphatic hydroxyl groups is 1. The fraction of sp³-hybridized carbons (Fsp3) is 0.404. The largest absolute Gasteiger partial charge is 0.481 e. The highest BCUT2D eigenvalue weighted by Crippen LogP contribution is 2.14. The van der Waals surface area contributed by atoms with Crippen molar-refractivity contribution in [3.63, 3.8) is 0 Å². The zero-order valence-corrected chi connectivity index (χ0v) is 39.2. The highest BCUT2D eigenvalue weighted by Gasteiger charge is 2.36. The lowest BCUT2D eigenvalue weighted by Crippen LogP contribution is -2.61. The van der Waals surface area contributed by atoms with E-state index in [1.54, 1.807) is 74.5 Å². The molecule has 0 bridgehead atoms. The Morgan fingerprint density at radius 3 is 1.41 bits per heavy atom. The molecule has 3 aromatic rings. The van der Waals surface area contributed by atoms with Crippen LogP contribution in [-0.2, 0) is 67.2 Å². The molecule has 8 atom stereocenters. The lowest BCUT2D eigenvalue weighted by Gasteiger charge is -2.28. The van der Waals surface area contributed by atoms with Crippen molar-refractivity contribution in [2.75, 3.05) is 0 Å². The number of carboxylic acids is 3. The fourth-order valence-electron chi connectivity index (χ4n) is 6.89. The van der Waals surface area contributed by atoms with E-state index < -0.39 is 125 Å². The molecule has 0 saturated carbocycles. The number of aliphatic carboxylic acids is 3. The summed E-state index contributed by atoms with van der Waals surface area (Å²) in [6, 6.07) is 10.3. The van der Waals surface area contributed by atoms with Gasteiger partial charge in [0.2, 0.25) is 41.4 Å². The van der Waals surface area contributed by atoms with Crippen LogP contribution in [0.3, 0.4) is 0 Å². The lowest BCUT2D eigenvalue weighted by atomic mass is 10.0. The van der Waals surface area contributed by atoms with Gasteiger partial charge >= 0.3 is 17.9 Å². The summed E-state index contributed by atoms with van der Waals surface area (Å²) < 4.78 is 0. The zero-order valence-electron chi connectivity index (χ0n) is 39.2. The Labute approximate surface area is 406 Å². The maximum atomic E-state index is 13.8. The predicted molar refractivity (Wildman–Crippen MR) is 250 cm³/mol. The van der Waals surface area contributed by atoms with E-state index in [1.807, 2.05) is 0 Å². The molecule has 0 aliphatic carbocycles. The molecule has 0 radical (unpaired) electrons. The molecule has 0 saturated heterocycles. The third kappa shape index (κ3) is 19.7. The molecule has 3 aromatic carbocycles. The van der Waals surface area contributed by atoms with Gasteiger partial charge in [-0.1, -0.05) is 86.6 Å². The van der Waals surface area contributed by atoms with Gasteiger partial charge in [0.25, 0.3) is 5.69 Å². The van der Waals surface area contributed by atoms with Crippen molar-refractivity contribution < 1.29 is 73.3 Å². The average Bonchev–Trinajstić information content (AvgIpc) is 3.29. The molecule has 24 nitrogen and oxygen atoms in total. The summed E-state index contributed by atoms with van der Waals surface area (Å²) in [5.74, 6) is -12.3. The lowest BCUT2D eigenvalue weighted by molar-refractivity contribution is -0.384. The number of nitro groups is 1. The van der Waals surface area contributed by atoms with Gasteiger partial charge in [-0.15, -0.1) is 0 Å². The van der Waals surface area contributed by atoms with Gasteiger partial charge in [-0.3, -0.25) is 53.3 Å². The second-order valence-corrected chi connectivity index (χ2v) is 17.0. The molecule has 24 heteroatoms. The van der Waals surface area contributed by atoms with E-state index in [0.717, 1.165) is 6.92 Å². The molecular weight excluding hydrogens is 933 g/mol. The number of carbonyl (C=O) groups excluding carboxylic acids is 7. The van der Waals surface area contributed by atoms with Gasteiger partial charge in [-0.05, 0) is 42.9 Å². The minimum atomic E-state index is -1.91. The normalized spacial score (nSPS) is 14.3. The van der Waals surface area contributed by atoms with Crippen molar-refractivity contribution in [3.05, 3.63) is 112 Å². The Kier molecular flexibility index (Phi) is 22.2. The first kappa shape index (κ1) is 57.0. The van der Waals surface area contributed by atoms with E-state index in [1.165, 1.54) is 31.2 Å². The van der Waals surface area contributed by atoms with Crippen molar-refractivity contribution in [1.82, 2.24) is 37.2 Å². The summed E-state index contributed by atoms with van der Waals surface area (Å²) in [5.41, 5.74) is 1.32. The third-order valence-corrected chi connectivity index (χ3v) is 10.5. The summed E-state index contributed by atoms with van der Waals surface area (Å²) in [5, 5.41) is 66.8. The highest BCUT2D eigenvalue weighted by molar-refractivity contribution is 5.99. The van der Waals surface area contributed by atoms with Gasteiger partial charge in [0, 0.05) is 25.0 Å². The summed E-state index contributed by atoms with van der Waals surface area (Å²) in [6.07, 6.45) is -4.36. The maximum absolute atomic E-state index is 13.8. The van der Waals surface area contributed by atoms with E-state index in [-0.39, 0.29) is 37.3 Å². The van der Waals surface area contributed by atoms with Crippen molar-refractivity contribution in [3.8, 4) is 0 Å². The fourth-order valence-corrected chi connectivity index (χ4v) is 6.89. The Morgan fingerprint density at radius 1 is 0.507 bits per heavy atom. The van der Waals surface area contributed by atoms with Crippen molar-refractivity contribution in [1.29, 1.82) is 0 Å². The molecule has 0 spiro atoms. The van der Waals surface area contributed by atoms with Crippen LogP contribution in [0.4, 0.5) is 5.69 Å². The minimum absolute atomic E-state index is 0.0842. The van der Waals surface area contributed by atoms with Crippen molar-refractivity contribution >= 4 is 64.9 Å². The van der Waals surface area contributed by atoms with E-state index >= 15 is 0 Å². The van der Waals surface area contributed by atoms with Crippen LogP contribution < -0.4 is 37.2 Å². The van der Waals surface area contributed by atoms with E-state index in [9.17, 15) is 78.5 Å². The molecule has 7 amide bonds. The van der Waals surface area contributed by atoms with Gasteiger partial charge in [-0.25, -0.2) is 4.79 Å². The van der Waals surface area contributed by atoms with Gasteiger partial charge in [0.1, 0.15) is 42.3 Å². The number of carboxylic acid groups (broad SMARTS) is 3. The first-order chi connectivity index (χ1) is 33.4. The Morgan fingerprint density at radius 2 is 0.944 bits per heavy atom. The molecule has 0 unspecified atom stereocenters. The molecule has 0 aliphatic heterocycles. The second kappa shape index (κ2) is 27.6. The molecule has 3 rings (SSSR count). The number of nitro benzene ring substituents is 1. The quantitative estimate of drug-likeness (QED) is 0.0323. The molecule has 0 aromatic heterocycles. The number of carbonyl (C=O) groups is 10. The average molecular weight is 991 g/mol. The van der Waals surface area contributed by atoms with E-state index in [0.29, 0.717) is 16.7 Å². The van der Waals surface area contributed by atoms with Crippen LogP contribution >= 0.6 is 0 Å². The Balaban J connectivity index is 1.75. The Bertz CT molecular complexity index is 2380. The molecule has 382 valence electrons. The highest BCUT2D eigenvalue weighted by atomic mass is 16.6. The van der Waals surface area contributed by atoms with Crippen LogP contribution in [0.1, 0.15) is 63.6 Å². The van der Waals surface area contributed by atoms with Crippen LogP contribution in [0.2, 0.25) is 0 Å². The molecule has 71 heavy (non-hydrogen) atoms. The topological polar surface area (TPSA) is 379 Å². The van der Waals surface area contributed by atoms with E-state index in [4.69, 9.17) is 0 Å². The number of hydrogen-bond acceptors (Lipinski definition) is 13. The van der Waals surface area contributed by atoms with Crippen LogP contribution in [0.5, 0.6) is 0 Å². The molecule has 11 N–H and O–H groups in total. The van der Waals surface area contributed by atoms with Crippen LogP contribution in [0, 0.1) is 16.0 Å². The number of amides is 7. The summed E-state index contributed by atoms with van der Waals surface area (Å²) in [4.78, 5) is 140. The molecule has 0 aliphatic rings. The number of nitrogens with zero attached hydrogens (tertiary/aromatic N) is 1. The minimum Gasteiger partial charge on any atom is -0.481 e. The van der Waals surface area contributed by atoms with Crippen molar-refractivity contribution in [2.45, 2.75) is 115 Å². The number of nitrogens with one attached hydrogen (secondary N) is 7. The monoisotopic (exact) mass is 990 g/mol. The smallest absolute Gasteiger partial charge is 0.326 e. The van der Waals surface area contributed by atoms with Gasteiger partial charge in [0.15, 0.2) is 0 Å². The predicted octanol–water partition coefficient (Wildman–Crippen LogP) is -0.503. The first-order valence-electron chi connectivity index (χ1n) is 22.2. The maximum Gasteiger partial charge on any atom is 0.326 e. The third-order valence-electron chi connectivity index (χ3n) is 10.5. The summed E-state index contributed by atoms with van der Waals surface area (Å²) >= 11 is 0. The van der Waals surface area contributed by atoms with Crippen molar-refractivity contribution in [2.24, 2.45) is 5.92 Å². The second-order valence-electron chi connectivity index (χ2n) is 17.0. The molecule has 0 fully saturated rings. The van der Waals surface area contributed by atoms with Crippen LogP contribution in [-0.4, -0.2) is 133 Å². The zero-order chi connectivity index (χ0) is 52.9. The summed E-state index contributed by atoms with van der Waals surface area (Å²) in [7, 11) is 0. The number of aliphatic hydroxyl groups excluding tert-OH is 1. The van der Waals surface area contributed by atoms with Gasteiger partial charge in [-0.2, -0.15) is 0 Å². The Hall–Kier alpha value is -8.28. The number of rotatable bonds is 28. The van der Waals surface area contributed by atoms with E-state index in [2.05, 4.69) is 37.2 Å². The first-order valence-corrected chi connectivity index (χ1v) is 22.2. The molecular formula is C47H58N8O16.